The maximum absolute atomic E-state index is 12.2. The molecular weight excluding hydrogens is 408 g/mol. The van der Waals surface area contributed by atoms with Crippen LogP contribution in [0.4, 0.5) is 17.1 Å². The van der Waals surface area contributed by atoms with Crippen molar-refractivity contribution in [1.29, 1.82) is 0 Å². The molecule has 1 amide bonds. The summed E-state index contributed by atoms with van der Waals surface area (Å²) in [6, 6.07) is 8.93. The molecule has 0 fully saturated rings. The number of azo groups is 1. The van der Waals surface area contributed by atoms with Gasteiger partial charge >= 0.3 is 0 Å². The van der Waals surface area contributed by atoms with Crippen LogP contribution >= 0.6 is 0 Å². The number of hydrogen-bond donors (Lipinski definition) is 2. The average Bonchev–Trinajstić information content (AvgIpc) is 2.62. The SMILES string of the molecule is C/C([O-])=C(/N=Nc1cc([N+](=O)[O-])cc(S(=O)(=O)O)c1[O-])C(=O)Nc1ccccc1. The van der Waals surface area contributed by atoms with E-state index in [0.29, 0.717) is 17.8 Å². The first-order valence-corrected chi connectivity index (χ1v) is 9.07. The van der Waals surface area contributed by atoms with Crippen LogP contribution in [0.3, 0.4) is 0 Å². The summed E-state index contributed by atoms with van der Waals surface area (Å²) in [5, 5.41) is 43.8. The van der Waals surface area contributed by atoms with Crippen LogP contribution < -0.4 is 15.5 Å². The zero-order valence-corrected chi connectivity index (χ0v) is 15.4. The van der Waals surface area contributed by atoms with Crippen molar-refractivity contribution >= 4 is 33.1 Å². The van der Waals surface area contributed by atoms with Crippen LogP contribution in [0.25, 0.3) is 0 Å². The van der Waals surface area contributed by atoms with Crippen LogP contribution in [0.1, 0.15) is 6.92 Å². The number of benzene rings is 2. The quantitative estimate of drug-likeness (QED) is 0.173. The molecule has 0 atom stereocenters. The largest absolute Gasteiger partial charge is 0.874 e. The molecule has 0 aliphatic heterocycles. The number of nitro groups is 1. The lowest BCUT2D eigenvalue weighted by Crippen LogP contribution is -2.17. The molecule has 0 unspecified atom stereocenters. The first-order chi connectivity index (χ1) is 13.5. The third-order valence-corrected chi connectivity index (χ3v) is 4.21. The standard InChI is InChI=1S/C16H14N4O8S/c1-9(21)14(16(23)17-10-5-3-2-4-6-10)19-18-12-7-11(20(24)25)8-13(15(12)22)29(26,27)28/h2-8,21-22H,1H3,(H,17,23)(H,26,27,28)/p-2/b14-9-,19-18?. The summed E-state index contributed by atoms with van der Waals surface area (Å²) in [5.41, 5.74) is -2.14. The number of amides is 1. The molecule has 0 saturated carbocycles. The molecule has 0 saturated heterocycles. The average molecular weight is 420 g/mol. The van der Waals surface area contributed by atoms with E-state index in [-0.39, 0.29) is 0 Å². The number of nitrogens with one attached hydrogen (secondary N) is 1. The van der Waals surface area contributed by atoms with Gasteiger partial charge in [0.25, 0.3) is 21.7 Å². The van der Waals surface area contributed by atoms with E-state index < -0.39 is 54.4 Å². The van der Waals surface area contributed by atoms with E-state index in [1.807, 2.05) is 0 Å². The van der Waals surface area contributed by atoms with Crippen LogP contribution in [0, 0.1) is 10.1 Å². The van der Waals surface area contributed by atoms with Crippen LogP contribution in [0.15, 0.2) is 69.0 Å². The van der Waals surface area contributed by atoms with Gasteiger partial charge in [0, 0.05) is 17.8 Å². The Labute approximate surface area is 163 Å². The number of nitrogens with zero attached hydrogens (tertiary/aromatic N) is 3. The van der Waals surface area contributed by atoms with Crippen LogP contribution in [-0.2, 0) is 14.9 Å². The lowest BCUT2D eigenvalue weighted by atomic mass is 10.2. The lowest BCUT2D eigenvalue weighted by molar-refractivity contribution is -0.385. The summed E-state index contributed by atoms with van der Waals surface area (Å²) in [6.45, 7) is 0.994. The Balaban J connectivity index is 2.47. The van der Waals surface area contributed by atoms with Crippen LogP contribution in [-0.4, -0.2) is 23.8 Å². The minimum atomic E-state index is -5.10. The number of para-hydroxylation sites is 1. The minimum absolute atomic E-state index is 0.333. The van der Waals surface area contributed by atoms with E-state index in [2.05, 4.69) is 15.5 Å². The third-order valence-electron chi connectivity index (χ3n) is 3.35. The molecule has 2 rings (SSSR count). The molecule has 0 heterocycles. The van der Waals surface area contributed by atoms with E-state index in [4.69, 9.17) is 4.55 Å². The third kappa shape index (κ3) is 5.33. The highest BCUT2D eigenvalue weighted by Crippen LogP contribution is 2.36. The Morgan fingerprint density at radius 2 is 1.83 bits per heavy atom. The highest BCUT2D eigenvalue weighted by molar-refractivity contribution is 7.86. The molecule has 0 spiro atoms. The first-order valence-electron chi connectivity index (χ1n) is 7.63. The van der Waals surface area contributed by atoms with Crippen LogP contribution in [0.5, 0.6) is 5.75 Å². The van der Waals surface area contributed by atoms with Crippen molar-refractivity contribution in [3.63, 3.8) is 0 Å². The predicted octanol–water partition coefficient (Wildman–Crippen LogP) is 1.23. The number of rotatable bonds is 6. The first kappa shape index (κ1) is 21.5. The van der Waals surface area contributed by atoms with E-state index in [1.165, 1.54) is 12.1 Å². The molecule has 2 N–H and O–H groups in total. The topological polar surface area (TPSA) is 197 Å². The van der Waals surface area contributed by atoms with Gasteiger partial charge in [-0.1, -0.05) is 30.9 Å². The van der Waals surface area contributed by atoms with Gasteiger partial charge in [-0.05, 0) is 12.1 Å². The van der Waals surface area contributed by atoms with Crippen molar-refractivity contribution in [1.82, 2.24) is 0 Å². The highest BCUT2D eigenvalue weighted by Gasteiger charge is 2.20. The minimum Gasteiger partial charge on any atom is -0.874 e. The van der Waals surface area contributed by atoms with E-state index in [9.17, 15) is 33.5 Å². The number of hydrogen-bond acceptors (Lipinski definition) is 9. The molecule has 0 aromatic heterocycles. The Bertz CT molecular complexity index is 1120. The Kier molecular flexibility index (Phi) is 6.25. The van der Waals surface area contributed by atoms with Crippen molar-refractivity contribution in [2.24, 2.45) is 10.2 Å². The summed E-state index contributed by atoms with van der Waals surface area (Å²) >= 11 is 0. The number of carbonyl (C=O) groups is 1. The van der Waals surface area contributed by atoms with E-state index in [0.717, 1.165) is 6.92 Å². The maximum Gasteiger partial charge on any atom is 0.294 e. The van der Waals surface area contributed by atoms with Crippen molar-refractivity contribution < 1.29 is 32.9 Å². The molecule has 0 aliphatic carbocycles. The summed E-state index contributed by atoms with van der Waals surface area (Å²) in [4.78, 5) is 20.8. The Hall–Kier alpha value is -3.84. The molecule has 0 bridgehead atoms. The number of allylic oxidation sites excluding steroid dienone is 1. The number of nitro benzene ring substituents is 1. The molecule has 0 radical (unpaired) electrons. The van der Waals surface area contributed by atoms with Gasteiger partial charge in [-0.15, -0.1) is 10.9 Å². The highest BCUT2D eigenvalue weighted by atomic mass is 32.2. The Morgan fingerprint density at radius 3 is 2.34 bits per heavy atom. The van der Waals surface area contributed by atoms with Gasteiger partial charge in [0.1, 0.15) is 5.70 Å². The van der Waals surface area contributed by atoms with Gasteiger partial charge in [0.05, 0.1) is 15.5 Å². The second-order valence-electron chi connectivity index (χ2n) is 5.45. The van der Waals surface area contributed by atoms with Crippen molar-refractivity contribution in [3.05, 3.63) is 64.0 Å². The Morgan fingerprint density at radius 1 is 1.21 bits per heavy atom. The van der Waals surface area contributed by atoms with Gasteiger partial charge < -0.3 is 15.5 Å². The normalized spacial score (nSPS) is 12.5. The molecule has 0 aliphatic rings. The van der Waals surface area contributed by atoms with E-state index >= 15 is 0 Å². The molecule has 2 aromatic rings. The van der Waals surface area contributed by atoms with Gasteiger partial charge in [-0.2, -0.15) is 13.5 Å². The van der Waals surface area contributed by atoms with Gasteiger partial charge in [-0.25, -0.2) is 0 Å². The van der Waals surface area contributed by atoms with Crippen molar-refractivity contribution in [2.45, 2.75) is 11.8 Å². The molecule has 29 heavy (non-hydrogen) atoms. The van der Waals surface area contributed by atoms with Gasteiger partial charge in [0.2, 0.25) is 0 Å². The molecule has 152 valence electrons. The fraction of sp³-hybridized carbons (Fsp3) is 0.0625. The monoisotopic (exact) mass is 420 g/mol. The molecule has 2 aromatic carbocycles. The summed E-state index contributed by atoms with van der Waals surface area (Å²) in [6.07, 6.45) is 0. The second-order valence-corrected chi connectivity index (χ2v) is 6.84. The zero-order valence-electron chi connectivity index (χ0n) is 14.6. The summed E-state index contributed by atoms with van der Waals surface area (Å²) < 4.78 is 31.6. The van der Waals surface area contributed by atoms with Crippen molar-refractivity contribution in [3.8, 4) is 5.75 Å². The molecular formula is C16H12N4O8S-2. The summed E-state index contributed by atoms with van der Waals surface area (Å²) in [7, 11) is -5.10. The van der Waals surface area contributed by atoms with Crippen LogP contribution in [0.2, 0.25) is 0 Å². The summed E-state index contributed by atoms with van der Waals surface area (Å²) in [5.74, 6) is -3.20. The van der Waals surface area contributed by atoms with Gasteiger partial charge in [0.15, 0.2) is 0 Å². The maximum atomic E-state index is 12.2. The predicted molar refractivity (Wildman–Crippen MR) is 94.6 cm³/mol. The zero-order chi connectivity index (χ0) is 21.8. The van der Waals surface area contributed by atoms with E-state index in [1.54, 1.807) is 18.2 Å². The van der Waals surface area contributed by atoms with Crippen molar-refractivity contribution in [2.75, 3.05) is 5.32 Å². The molecule has 12 nitrogen and oxygen atoms in total. The fourth-order valence-corrected chi connectivity index (χ4v) is 2.64. The van der Waals surface area contributed by atoms with Gasteiger partial charge in [-0.3, -0.25) is 19.5 Å². The number of carbonyl (C=O) groups excluding carboxylic acids is 1. The second kappa shape index (κ2) is 8.45. The number of anilines is 1. The number of non-ortho nitro benzene ring substituents is 1. The lowest BCUT2D eigenvalue weighted by Gasteiger charge is -2.14. The molecule has 13 heteroatoms. The smallest absolute Gasteiger partial charge is 0.294 e. The fourth-order valence-electron chi connectivity index (χ4n) is 2.04.